The number of rotatable bonds is 17. The quantitative estimate of drug-likeness (QED) is 0.122. The number of esters is 2. The Hall–Kier alpha value is -2.83. The summed E-state index contributed by atoms with van der Waals surface area (Å²) in [6.07, 6.45) is 13.6. The summed E-state index contributed by atoms with van der Waals surface area (Å²) in [4.78, 5) is 34.3. The third-order valence-corrected chi connectivity index (χ3v) is 6.42. The molecule has 194 valence electrons. The van der Waals surface area contributed by atoms with Crippen LogP contribution in [-0.4, -0.2) is 36.2 Å². The van der Waals surface area contributed by atoms with Gasteiger partial charge in [-0.15, -0.1) is 0 Å². The highest BCUT2D eigenvalue weighted by Crippen LogP contribution is 2.30. The number of carboxylic acid groups (broad SMARTS) is 1. The normalized spacial score (nSPS) is 17.4. The van der Waals surface area contributed by atoms with Gasteiger partial charge in [-0.05, 0) is 62.8 Å². The van der Waals surface area contributed by atoms with E-state index in [-0.39, 0.29) is 23.8 Å². The molecule has 1 saturated carbocycles. The fourth-order valence-corrected chi connectivity index (χ4v) is 4.24. The Balaban J connectivity index is 1.46. The van der Waals surface area contributed by atoms with Gasteiger partial charge in [-0.25, -0.2) is 4.79 Å². The van der Waals surface area contributed by atoms with E-state index < -0.39 is 5.97 Å². The molecule has 0 aliphatic heterocycles. The van der Waals surface area contributed by atoms with E-state index in [9.17, 15) is 14.4 Å². The molecule has 0 aromatic heterocycles. The van der Waals surface area contributed by atoms with Crippen LogP contribution in [-0.2, 0) is 19.1 Å². The largest absolute Gasteiger partial charge is 0.494 e. The van der Waals surface area contributed by atoms with Crippen LogP contribution in [0.5, 0.6) is 11.5 Å². The zero-order chi connectivity index (χ0) is 25.3. The lowest BCUT2D eigenvalue weighted by Gasteiger charge is -2.24. The molecule has 7 nitrogen and oxygen atoms in total. The first kappa shape index (κ1) is 28.4. The van der Waals surface area contributed by atoms with Gasteiger partial charge in [-0.2, -0.15) is 0 Å². The number of aliphatic carboxylic acids is 1. The van der Waals surface area contributed by atoms with E-state index in [2.05, 4.69) is 6.58 Å². The lowest BCUT2D eigenvalue weighted by Crippen LogP contribution is -2.28. The minimum atomic E-state index is -0.777. The van der Waals surface area contributed by atoms with E-state index in [0.29, 0.717) is 44.6 Å². The van der Waals surface area contributed by atoms with Crippen molar-refractivity contribution >= 4 is 17.9 Å². The van der Waals surface area contributed by atoms with Gasteiger partial charge in [0.2, 0.25) is 0 Å². The van der Waals surface area contributed by atoms with Crippen LogP contribution < -0.4 is 9.47 Å². The van der Waals surface area contributed by atoms with Crippen molar-refractivity contribution in [2.75, 3.05) is 13.2 Å². The third kappa shape index (κ3) is 11.9. The van der Waals surface area contributed by atoms with Crippen molar-refractivity contribution in [1.82, 2.24) is 0 Å². The van der Waals surface area contributed by atoms with Gasteiger partial charge < -0.3 is 19.3 Å². The minimum Gasteiger partial charge on any atom is -0.494 e. The van der Waals surface area contributed by atoms with Crippen molar-refractivity contribution in [3.63, 3.8) is 0 Å². The molecule has 1 aromatic carbocycles. The Morgan fingerprint density at radius 2 is 1.26 bits per heavy atom. The van der Waals surface area contributed by atoms with E-state index in [1.165, 1.54) is 38.2 Å². The smallest absolute Gasteiger partial charge is 0.330 e. The number of hydrogen-bond donors (Lipinski definition) is 1. The zero-order valence-corrected chi connectivity index (χ0v) is 20.8. The first-order valence-electron chi connectivity index (χ1n) is 13.0. The predicted octanol–water partition coefficient (Wildman–Crippen LogP) is 6.10. The van der Waals surface area contributed by atoms with Gasteiger partial charge in [-0.1, -0.05) is 51.5 Å². The number of unbranched alkanes of at least 4 members (excludes halogenated alkanes) is 8. The second kappa shape index (κ2) is 16.7. The number of carboxylic acids is 1. The van der Waals surface area contributed by atoms with E-state index in [1.807, 2.05) is 12.1 Å². The fourth-order valence-electron chi connectivity index (χ4n) is 4.24. The van der Waals surface area contributed by atoms with E-state index >= 15 is 0 Å². The average Bonchev–Trinajstić information content (AvgIpc) is 2.87. The van der Waals surface area contributed by atoms with Gasteiger partial charge in [0.25, 0.3) is 0 Å². The monoisotopic (exact) mass is 488 g/mol. The summed E-state index contributed by atoms with van der Waals surface area (Å²) in [6, 6.07) is 7.09. The summed E-state index contributed by atoms with van der Waals surface area (Å²) < 4.78 is 16.2. The summed E-state index contributed by atoms with van der Waals surface area (Å²) in [5.74, 6) is -0.727. The van der Waals surface area contributed by atoms with Gasteiger partial charge in [0.05, 0.1) is 25.0 Å². The Morgan fingerprint density at radius 3 is 1.80 bits per heavy atom. The van der Waals surface area contributed by atoms with Crippen LogP contribution in [0.2, 0.25) is 0 Å². The van der Waals surface area contributed by atoms with Crippen LogP contribution in [0, 0.1) is 11.8 Å². The van der Waals surface area contributed by atoms with Crippen LogP contribution in [0.4, 0.5) is 0 Å². The van der Waals surface area contributed by atoms with Crippen molar-refractivity contribution < 1.29 is 33.7 Å². The molecule has 0 amide bonds. The maximum atomic E-state index is 12.3. The molecule has 0 atom stereocenters. The molecule has 1 aliphatic carbocycles. The molecule has 1 aromatic rings. The highest BCUT2D eigenvalue weighted by Gasteiger charge is 2.30. The van der Waals surface area contributed by atoms with Crippen molar-refractivity contribution in [1.29, 1.82) is 0 Å². The summed E-state index contributed by atoms with van der Waals surface area (Å²) in [7, 11) is 0. The molecule has 0 radical (unpaired) electrons. The average molecular weight is 489 g/mol. The predicted molar refractivity (Wildman–Crippen MR) is 133 cm³/mol. The molecule has 1 aliphatic rings. The standard InChI is InChI=1S/C28H40O7/c1-2-26(29)34-21-11-9-7-5-3-4-6-8-10-20-33-24-16-18-25(19-17-24)35-28(32)23-14-12-22(13-15-23)27(30)31/h2,16-19,22-23H,1,3-15,20-21H2,(H,30,31). The Kier molecular flexibility index (Phi) is 13.6. The molecular formula is C28H40O7. The van der Waals surface area contributed by atoms with Gasteiger partial charge in [0, 0.05) is 6.08 Å². The van der Waals surface area contributed by atoms with Crippen molar-refractivity contribution in [2.45, 2.75) is 83.5 Å². The van der Waals surface area contributed by atoms with Gasteiger partial charge in [0.15, 0.2) is 0 Å². The summed E-state index contributed by atoms with van der Waals surface area (Å²) >= 11 is 0. The topological polar surface area (TPSA) is 99.1 Å². The Labute approximate surface area is 208 Å². The maximum Gasteiger partial charge on any atom is 0.330 e. The molecule has 0 saturated heterocycles. The molecule has 1 N–H and O–H groups in total. The number of carbonyl (C=O) groups excluding carboxylic acids is 2. The lowest BCUT2D eigenvalue weighted by molar-refractivity contribution is -0.146. The second-order valence-corrected chi connectivity index (χ2v) is 9.18. The fraction of sp³-hybridized carbons (Fsp3) is 0.607. The highest BCUT2D eigenvalue weighted by molar-refractivity contribution is 5.81. The van der Waals surface area contributed by atoms with Gasteiger partial charge in [0.1, 0.15) is 11.5 Å². The third-order valence-electron chi connectivity index (χ3n) is 6.42. The minimum absolute atomic E-state index is 0.226. The van der Waals surface area contributed by atoms with Crippen LogP contribution in [0.25, 0.3) is 0 Å². The molecular weight excluding hydrogens is 448 g/mol. The summed E-state index contributed by atoms with van der Waals surface area (Å²) in [5.41, 5.74) is 0. The zero-order valence-electron chi connectivity index (χ0n) is 20.8. The molecule has 7 heteroatoms. The van der Waals surface area contributed by atoms with Gasteiger partial charge in [-0.3, -0.25) is 9.59 Å². The van der Waals surface area contributed by atoms with E-state index in [1.54, 1.807) is 12.1 Å². The molecule has 2 rings (SSSR count). The van der Waals surface area contributed by atoms with Crippen molar-refractivity contribution in [3.05, 3.63) is 36.9 Å². The summed E-state index contributed by atoms with van der Waals surface area (Å²) in [5, 5.41) is 9.07. The number of ether oxygens (including phenoxy) is 3. The lowest BCUT2D eigenvalue weighted by atomic mass is 9.82. The first-order valence-corrected chi connectivity index (χ1v) is 13.0. The van der Waals surface area contributed by atoms with Crippen molar-refractivity contribution in [3.8, 4) is 11.5 Å². The van der Waals surface area contributed by atoms with Crippen LogP contribution in [0.3, 0.4) is 0 Å². The SMILES string of the molecule is C=CC(=O)OCCCCCCCCCCCOc1ccc(OC(=O)C2CCC(C(=O)O)CC2)cc1. The Morgan fingerprint density at radius 1 is 0.771 bits per heavy atom. The van der Waals surface area contributed by atoms with Crippen LogP contribution >= 0.6 is 0 Å². The molecule has 35 heavy (non-hydrogen) atoms. The molecule has 1 fully saturated rings. The molecule has 0 heterocycles. The summed E-state index contributed by atoms with van der Waals surface area (Å²) in [6.45, 7) is 4.52. The maximum absolute atomic E-state index is 12.3. The number of carbonyl (C=O) groups is 3. The van der Waals surface area contributed by atoms with Crippen LogP contribution in [0.15, 0.2) is 36.9 Å². The van der Waals surface area contributed by atoms with Gasteiger partial charge >= 0.3 is 17.9 Å². The van der Waals surface area contributed by atoms with Crippen molar-refractivity contribution in [2.24, 2.45) is 11.8 Å². The Bertz CT molecular complexity index is 779. The van der Waals surface area contributed by atoms with E-state index in [0.717, 1.165) is 31.4 Å². The molecule has 0 bridgehead atoms. The first-order chi connectivity index (χ1) is 17.0. The molecule has 0 spiro atoms. The molecule has 0 unspecified atom stereocenters. The second-order valence-electron chi connectivity index (χ2n) is 9.18. The number of hydrogen-bond acceptors (Lipinski definition) is 6. The van der Waals surface area contributed by atoms with Crippen LogP contribution in [0.1, 0.15) is 83.5 Å². The highest BCUT2D eigenvalue weighted by atomic mass is 16.5. The van der Waals surface area contributed by atoms with E-state index in [4.69, 9.17) is 19.3 Å². The number of benzene rings is 1.